The first-order valence-corrected chi connectivity index (χ1v) is 11.2. The average molecular weight is 414 g/mol. The van der Waals surface area contributed by atoms with Gasteiger partial charge in [0.2, 0.25) is 0 Å². The molecule has 164 valence electrons. The number of carbonyl (C=O) groups excluding carboxylic acids is 1. The number of unbranched alkanes of at least 4 members (excludes halogenated alkanes) is 3. The molecule has 0 radical (unpaired) electrons. The Hall–Kier alpha value is -2.25. The molecule has 30 heavy (non-hydrogen) atoms. The van der Waals surface area contributed by atoms with E-state index >= 15 is 0 Å². The summed E-state index contributed by atoms with van der Waals surface area (Å²) in [5, 5.41) is 4.47. The van der Waals surface area contributed by atoms with E-state index in [4.69, 9.17) is 4.74 Å². The highest BCUT2D eigenvalue weighted by molar-refractivity contribution is 5.94. The van der Waals surface area contributed by atoms with Crippen LogP contribution >= 0.6 is 0 Å². The van der Waals surface area contributed by atoms with Gasteiger partial charge < -0.3 is 9.64 Å². The number of aromatic nitrogens is 3. The molecule has 1 aliphatic rings. The average Bonchev–Trinajstić information content (AvgIpc) is 3.11. The third kappa shape index (κ3) is 6.12. The molecule has 0 saturated carbocycles. The molecule has 3 heterocycles. The molecule has 0 bridgehead atoms. The lowest BCUT2D eigenvalue weighted by atomic mass is 10.2. The Kier molecular flexibility index (Phi) is 8.39. The van der Waals surface area contributed by atoms with E-state index in [9.17, 15) is 4.79 Å². The molecular weight excluding hydrogens is 378 g/mol. The molecule has 0 atom stereocenters. The van der Waals surface area contributed by atoms with Crippen LogP contribution in [0.4, 0.5) is 0 Å². The van der Waals surface area contributed by atoms with Gasteiger partial charge in [-0.15, -0.1) is 0 Å². The van der Waals surface area contributed by atoms with E-state index < -0.39 is 0 Å². The molecule has 0 aromatic carbocycles. The fourth-order valence-corrected chi connectivity index (χ4v) is 3.81. The maximum absolute atomic E-state index is 13.2. The second-order valence-electron chi connectivity index (χ2n) is 8.05. The monoisotopic (exact) mass is 413 g/mol. The van der Waals surface area contributed by atoms with Crippen molar-refractivity contribution in [2.45, 2.75) is 46.5 Å². The van der Waals surface area contributed by atoms with E-state index in [1.165, 1.54) is 12.8 Å². The van der Waals surface area contributed by atoms with Crippen molar-refractivity contribution in [3.8, 4) is 5.82 Å². The van der Waals surface area contributed by atoms with Crippen LogP contribution in [0.3, 0.4) is 0 Å². The van der Waals surface area contributed by atoms with Crippen LogP contribution in [-0.2, 0) is 4.74 Å². The van der Waals surface area contributed by atoms with E-state index in [1.54, 1.807) is 6.20 Å². The molecule has 2 aromatic heterocycles. The van der Waals surface area contributed by atoms with E-state index in [2.05, 4.69) is 21.9 Å². The van der Waals surface area contributed by atoms with Gasteiger partial charge in [0.15, 0.2) is 5.82 Å². The molecule has 2 aromatic rings. The van der Waals surface area contributed by atoms with Crippen molar-refractivity contribution >= 4 is 5.91 Å². The van der Waals surface area contributed by atoms with Crippen LogP contribution in [0.1, 0.15) is 54.4 Å². The quantitative estimate of drug-likeness (QED) is 0.560. The number of carbonyl (C=O) groups is 1. The molecule has 0 aliphatic carbocycles. The summed E-state index contributed by atoms with van der Waals surface area (Å²) in [4.78, 5) is 22.1. The molecule has 0 unspecified atom stereocenters. The van der Waals surface area contributed by atoms with Gasteiger partial charge in [0.05, 0.1) is 24.5 Å². The van der Waals surface area contributed by atoms with E-state index in [0.717, 1.165) is 76.0 Å². The largest absolute Gasteiger partial charge is 0.379 e. The number of nitrogens with zero attached hydrogens (tertiary/aromatic N) is 5. The molecule has 1 fully saturated rings. The number of hydrogen-bond acceptors (Lipinski definition) is 5. The van der Waals surface area contributed by atoms with Crippen LogP contribution in [0.25, 0.3) is 5.82 Å². The predicted molar refractivity (Wildman–Crippen MR) is 118 cm³/mol. The second kappa shape index (κ2) is 11.2. The molecule has 0 N–H and O–H groups in total. The molecule has 1 aliphatic heterocycles. The Labute approximate surface area is 180 Å². The Morgan fingerprint density at radius 2 is 1.93 bits per heavy atom. The van der Waals surface area contributed by atoms with Crippen LogP contribution in [0.15, 0.2) is 24.4 Å². The topological polar surface area (TPSA) is 63.5 Å². The Bertz CT molecular complexity index is 796. The SMILES string of the molecule is CCCCCCN(CCN1CCOCC1)C(=O)c1ccc(-n2nc(C)cc2C)nc1. The minimum atomic E-state index is 0.0622. The van der Waals surface area contributed by atoms with Gasteiger partial charge >= 0.3 is 0 Å². The van der Waals surface area contributed by atoms with Gasteiger partial charge in [0, 0.05) is 44.6 Å². The second-order valence-corrected chi connectivity index (χ2v) is 8.05. The van der Waals surface area contributed by atoms with Crippen molar-refractivity contribution < 1.29 is 9.53 Å². The maximum atomic E-state index is 13.2. The zero-order chi connectivity index (χ0) is 21.3. The van der Waals surface area contributed by atoms with Gasteiger partial charge in [-0.2, -0.15) is 5.10 Å². The minimum Gasteiger partial charge on any atom is -0.379 e. The van der Waals surface area contributed by atoms with Gasteiger partial charge in [-0.3, -0.25) is 9.69 Å². The van der Waals surface area contributed by atoms with Crippen LogP contribution in [0, 0.1) is 13.8 Å². The lowest BCUT2D eigenvalue weighted by molar-refractivity contribution is 0.0324. The molecule has 7 heteroatoms. The van der Waals surface area contributed by atoms with Crippen LogP contribution in [-0.4, -0.2) is 76.4 Å². The van der Waals surface area contributed by atoms with Gasteiger partial charge in [-0.25, -0.2) is 9.67 Å². The van der Waals surface area contributed by atoms with Gasteiger partial charge in [-0.05, 0) is 38.5 Å². The van der Waals surface area contributed by atoms with Crippen LogP contribution in [0.2, 0.25) is 0 Å². The van der Waals surface area contributed by atoms with Crippen molar-refractivity contribution in [2.75, 3.05) is 45.9 Å². The third-order valence-corrected chi connectivity index (χ3v) is 5.58. The smallest absolute Gasteiger partial charge is 0.255 e. The summed E-state index contributed by atoms with van der Waals surface area (Å²) >= 11 is 0. The van der Waals surface area contributed by atoms with Crippen molar-refractivity contribution in [1.82, 2.24) is 24.6 Å². The van der Waals surface area contributed by atoms with Crippen molar-refractivity contribution in [2.24, 2.45) is 0 Å². The highest BCUT2D eigenvalue weighted by atomic mass is 16.5. The zero-order valence-electron chi connectivity index (χ0n) is 18.6. The summed E-state index contributed by atoms with van der Waals surface area (Å²) in [5.41, 5.74) is 2.62. The van der Waals surface area contributed by atoms with E-state index in [1.807, 2.05) is 41.6 Å². The molecule has 0 spiro atoms. The molecule has 3 rings (SSSR count). The summed E-state index contributed by atoms with van der Waals surface area (Å²) in [6.07, 6.45) is 6.29. The van der Waals surface area contributed by atoms with Crippen LogP contribution in [0.5, 0.6) is 0 Å². The number of hydrogen-bond donors (Lipinski definition) is 0. The number of ether oxygens (including phenoxy) is 1. The van der Waals surface area contributed by atoms with E-state index in [0.29, 0.717) is 5.56 Å². The third-order valence-electron chi connectivity index (χ3n) is 5.58. The van der Waals surface area contributed by atoms with Gasteiger partial charge in [0.1, 0.15) is 0 Å². The maximum Gasteiger partial charge on any atom is 0.255 e. The lowest BCUT2D eigenvalue weighted by Gasteiger charge is -2.30. The Morgan fingerprint density at radius 1 is 1.13 bits per heavy atom. The predicted octanol–water partition coefficient (Wildman–Crippen LogP) is 3.24. The highest BCUT2D eigenvalue weighted by Gasteiger charge is 2.18. The van der Waals surface area contributed by atoms with Gasteiger partial charge in [-0.1, -0.05) is 26.2 Å². The van der Waals surface area contributed by atoms with Crippen LogP contribution < -0.4 is 0 Å². The standard InChI is InChI=1S/C23H35N5O2/c1-4-5-6-7-10-27(12-11-26-13-15-30-16-14-26)23(29)21-8-9-22(24-18-21)28-20(3)17-19(2)25-28/h8-9,17-18H,4-7,10-16H2,1-3H3. The summed E-state index contributed by atoms with van der Waals surface area (Å²) in [5.74, 6) is 0.798. The fraction of sp³-hybridized carbons (Fsp3) is 0.609. The lowest BCUT2D eigenvalue weighted by Crippen LogP contribution is -2.43. The molecule has 7 nitrogen and oxygen atoms in total. The number of morpholine rings is 1. The number of pyridine rings is 1. The number of aryl methyl sites for hydroxylation is 2. The van der Waals surface area contributed by atoms with Crippen molar-refractivity contribution in [3.63, 3.8) is 0 Å². The van der Waals surface area contributed by atoms with Gasteiger partial charge in [0.25, 0.3) is 5.91 Å². The summed E-state index contributed by atoms with van der Waals surface area (Å²) in [6.45, 7) is 12.0. The number of rotatable bonds is 10. The molecule has 1 amide bonds. The molecular formula is C23H35N5O2. The summed E-state index contributed by atoms with van der Waals surface area (Å²) < 4.78 is 7.25. The van der Waals surface area contributed by atoms with Crippen molar-refractivity contribution in [3.05, 3.63) is 41.3 Å². The highest BCUT2D eigenvalue weighted by Crippen LogP contribution is 2.13. The summed E-state index contributed by atoms with van der Waals surface area (Å²) in [7, 11) is 0. The summed E-state index contributed by atoms with van der Waals surface area (Å²) in [6, 6.07) is 5.77. The van der Waals surface area contributed by atoms with Crippen molar-refractivity contribution in [1.29, 1.82) is 0 Å². The molecule has 1 saturated heterocycles. The first kappa shape index (κ1) is 22.4. The zero-order valence-corrected chi connectivity index (χ0v) is 18.6. The first-order chi connectivity index (χ1) is 14.6. The Morgan fingerprint density at radius 3 is 2.57 bits per heavy atom. The Balaban J connectivity index is 1.66. The fourth-order valence-electron chi connectivity index (χ4n) is 3.81. The number of amides is 1. The first-order valence-electron chi connectivity index (χ1n) is 11.2. The normalized spacial score (nSPS) is 14.8. The van der Waals surface area contributed by atoms with E-state index in [-0.39, 0.29) is 5.91 Å². The minimum absolute atomic E-state index is 0.0622.